The van der Waals surface area contributed by atoms with Crippen LogP contribution in [0.2, 0.25) is 5.02 Å². The molecular weight excluding hydrogens is 374 g/mol. The minimum absolute atomic E-state index is 0.0339. The van der Waals surface area contributed by atoms with Crippen LogP contribution in [0.15, 0.2) is 48.5 Å². The Bertz CT molecular complexity index is 809. The van der Waals surface area contributed by atoms with Crippen molar-refractivity contribution in [2.75, 3.05) is 18.5 Å². The molecule has 1 heterocycles. The molecule has 0 unspecified atom stereocenters. The van der Waals surface area contributed by atoms with Gasteiger partial charge in [-0.2, -0.15) is 0 Å². The van der Waals surface area contributed by atoms with Gasteiger partial charge in [0.15, 0.2) is 0 Å². The average molecular weight is 400 g/mol. The first kappa shape index (κ1) is 19.3. The van der Waals surface area contributed by atoms with Crippen LogP contribution in [0.5, 0.6) is 5.75 Å². The summed E-state index contributed by atoms with van der Waals surface area (Å²) in [5.74, 6) is 0.824. The third kappa shape index (κ3) is 4.03. The Hall–Kier alpha value is -2.04. The van der Waals surface area contributed by atoms with Gasteiger partial charge in [-0.15, -0.1) is 0 Å². The van der Waals surface area contributed by atoms with E-state index in [0.717, 1.165) is 29.8 Å². The van der Waals surface area contributed by atoms with E-state index in [1.807, 2.05) is 48.5 Å². The van der Waals surface area contributed by atoms with E-state index in [1.54, 1.807) is 0 Å². The summed E-state index contributed by atoms with van der Waals surface area (Å²) in [4.78, 5) is 13.3. The summed E-state index contributed by atoms with van der Waals surface area (Å²) in [5, 5.41) is 3.72. The number of hydrogen-bond donors (Lipinski definition) is 1. The zero-order chi connectivity index (χ0) is 19.4. The molecule has 148 valence electrons. The Morgan fingerprint density at radius 3 is 2.39 bits per heavy atom. The van der Waals surface area contributed by atoms with Gasteiger partial charge in [0, 0.05) is 23.9 Å². The molecule has 4 nitrogen and oxygen atoms in total. The Labute approximate surface area is 171 Å². The maximum atomic E-state index is 13.3. The minimum atomic E-state index is -0.671. The van der Waals surface area contributed by atoms with Crippen LogP contribution >= 0.6 is 11.6 Å². The summed E-state index contributed by atoms with van der Waals surface area (Å²) in [5.41, 5.74) is 0.968. The van der Waals surface area contributed by atoms with Crippen molar-refractivity contribution >= 4 is 23.2 Å². The second kappa shape index (κ2) is 8.54. The van der Waals surface area contributed by atoms with Gasteiger partial charge < -0.3 is 14.8 Å². The number of carbonyl (C=O) groups is 1. The monoisotopic (exact) mass is 399 g/mol. The number of carbonyl (C=O) groups excluding carboxylic acids is 1. The highest BCUT2D eigenvalue weighted by Gasteiger charge is 2.43. The molecule has 2 fully saturated rings. The van der Waals surface area contributed by atoms with E-state index in [-0.39, 0.29) is 5.91 Å². The third-order valence-electron chi connectivity index (χ3n) is 5.89. The molecule has 2 aromatic carbocycles. The fraction of sp³-hybridized carbons (Fsp3) is 0.435. The molecule has 0 atom stereocenters. The Morgan fingerprint density at radius 1 is 1.04 bits per heavy atom. The van der Waals surface area contributed by atoms with Crippen molar-refractivity contribution in [2.24, 2.45) is 0 Å². The van der Waals surface area contributed by atoms with Crippen LogP contribution in [0.4, 0.5) is 5.69 Å². The van der Waals surface area contributed by atoms with Gasteiger partial charge in [0.25, 0.3) is 0 Å². The van der Waals surface area contributed by atoms with Crippen molar-refractivity contribution in [3.05, 3.63) is 59.1 Å². The van der Waals surface area contributed by atoms with Gasteiger partial charge in [-0.05, 0) is 74.4 Å². The molecule has 0 radical (unpaired) electrons. The second-order valence-corrected chi connectivity index (χ2v) is 8.08. The van der Waals surface area contributed by atoms with Crippen molar-refractivity contribution in [3.63, 3.8) is 0 Å². The predicted octanol–water partition coefficient (Wildman–Crippen LogP) is 5.35. The first-order valence-electron chi connectivity index (χ1n) is 10.1. The predicted molar refractivity (Wildman–Crippen MR) is 111 cm³/mol. The molecule has 1 aliphatic heterocycles. The van der Waals surface area contributed by atoms with Gasteiger partial charge in [0.1, 0.15) is 5.75 Å². The molecule has 1 aliphatic carbocycles. The van der Waals surface area contributed by atoms with E-state index >= 15 is 0 Å². The van der Waals surface area contributed by atoms with Crippen LogP contribution < -0.4 is 10.1 Å². The normalized spacial score (nSPS) is 19.3. The SMILES string of the molecule is O=C(Nc1ccc(OC2CCCC2)cc1)C1(c2ccccc2Cl)CCOCC1. The van der Waals surface area contributed by atoms with Crippen LogP contribution in [0.3, 0.4) is 0 Å². The molecule has 1 N–H and O–H groups in total. The van der Waals surface area contributed by atoms with Gasteiger partial charge in [0.05, 0.1) is 11.5 Å². The summed E-state index contributed by atoms with van der Waals surface area (Å²) in [6.45, 7) is 1.10. The summed E-state index contributed by atoms with van der Waals surface area (Å²) in [6, 6.07) is 15.3. The zero-order valence-corrected chi connectivity index (χ0v) is 16.7. The number of amides is 1. The number of halogens is 1. The fourth-order valence-corrected chi connectivity index (χ4v) is 4.57. The van der Waals surface area contributed by atoms with Crippen molar-refractivity contribution in [2.45, 2.75) is 50.0 Å². The van der Waals surface area contributed by atoms with E-state index in [1.165, 1.54) is 12.8 Å². The van der Waals surface area contributed by atoms with Crippen molar-refractivity contribution in [1.29, 1.82) is 0 Å². The van der Waals surface area contributed by atoms with Gasteiger partial charge in [0.2, 0.25) is 5.91 Å². The lowest BCUT2D eigenvalue weighted by Gasteiger charge is -2.36. The number of hydrogen-bond acceptors (Lipinski definition) is 3. The van der Waals surface area contributed by atoms with Gasteiger partial charge in [-0.3, -0.25) is 4.79 Å². The van der Waals surface area contributed by atoms with Crippen LogP contribution in [0.1, 0.15) is 44.1 Å². The molecule has 4 rings (SSSR count). The molecule has 2 aliphatic rings. The number of nitrogens with one attached hydrogen (secondary N) is 1. The van der Waals surface area contributed by atoms with Crippen molar-refractivity contribution in [3.8, 4) is 5.75 Å². The molecule has 0 aromatic heterocycles. The average Bonchev–Trinajstić information content (AvgIpc) is 3.23. The molecule has 28 heavy (non-hydrogen) atoms. The summed E-state index contributed by atoms with van der Waals surface area (Å²) in [6.07, 6.45) is 6.30. The molecule has 0 bridgehead atoms. The number of anilines is 1. The molecule has 0 spiro atoms. The number of ether oxygens (including phenoxy) is 2. The Morgan fingerprint density at radius 2 is 1.71 bits per heavy atom. The summed E-state index contributed by atoms with van der Waals surface area (Å²) in [7, 11) is 0. The number of rotatable bonds is 5. The quantitative estimate of drug-likeness (QED) is 0.737. The van der Waals surface area contributed by atoms with Gasteiger partial charge in [-0.1, -0.05) is 29.8 Å². The molecule has 2 aromatic rings. The lowest BCUT2D eigenvalue weighted by Crippen LogP contribution is -2.45. The number of benzene rings is 2. The minimum Gasteiger partial charge on any atom is -0.490 e. The van der Waals surface area contributed by atoms with E-state index in [4.69, 9.17) is 21.1 Å². The maximum Gasteiger partial charge on any atom is 0.235 e. The van der Waals surface area contributed by atoms with E-state index in [0.29, 0.717) is 37.2 Å². The van der Waals surface area contributed by atoms with E-state index < -0.39 is 5.41 Å². The van der Waals surface area contributed by atoms with Gasteiger partial charge >= 0.3 is 0 Å². The highest BCUT2D eigenvalue weighted by atomic mass is 35.5. The molecule has 5 heteroatoms. The van der Waals surface area contributed by atoms with E-state index in [9.17, 15) is 4.79 Å². The molecule has 1 amide bonds. The fourth-order valence-electron chi connectivity index (χ4n) is 4.25. The topological polar surface area (TPSA) is 47.6 Å². The zero-order valence-electron chi connectivity index (χ0n) is 16.0. The van der Waals surface area contributed by atoms with Crippen molar-refractivity contribution in [1.82, 2.24) is 0 Å². The van der Waals surface area contributed by atoms with Crippen LogP contribution in [0, 0.1) is 0 Å². The third-order valence-corrected chi connectivity index (χ3v) is 6.22. The lowest BCUT2D eigenvalue weighted by atomic mass is 9.73. The Kier molecular flexibility index (Phi) is 5.88. The van der Waals surface area contributed by atoms with Gasteiger partial charge in [-0.25, -0.2) is 0 Å². The largest absolute Gasteiger partial charge is 0.490 e. The van der Waals surface area contributed by atoms with Crippen LogP contribution in [0.25, 0.3) is 0 Å². The first-order valence-corrected chi connectivity index (χ1v) is 10.5. The first-order chi connectivity index (χ1) is 13.7. The Balaban J connectivity index is 1.51. The van der Waals surface area contributed by atoms with Crippen LogP contribution in [-0.4, -0.2) is 25.2 Å². The smallest absolute Gasteiger partial charge is 0.235 e. The lowest BCUT2D eigenvalue weighted by molar-refractivity contribution is -0.125. The summed E-state index contributed by atoms with van der Waals surface area (Å²) >= 11 is 6.46. The highest BCUT2D eigenvalue weighted by Crippen LogP contribution is 2.39. The molecule has 1 saturated heterocycles. The maximum absolute atomic E-state index is 13.3. The van der Waals surface area contributed by atoms with E-state index in [2.05, 4.69) is 5.32 Å². The molecular formula is C23H26ClNO3. The van der Waals surface area contributed by atoms with Crippen molar-refractivity contribution < 1.29 is 14.3 Å². The standard InChI is InChI=1S/C23H26ClNO3/c24-21-8-4-3-7-20(21)23(13-15-27-16-14-23)22(26)25-17-9-11-19(12-10-17)28-18-5-1-2-6-18/h3-4,7-12,18H,1-2,5-6,13-16H2,(H,25,26). The van der Waals surface area contributed by atoms with Crippen LogP contribution in [-0.2, 0) is 14.9 Å². The second-order valence-electron chi connectivity index (χ2n) is 7.68. The summed E-state index contributed by atoms with van der Waals surface area (Å²) < 4.78 is 11.5. The molecule has 1 saturated carbocycles. The highest BCUT2D eigenvalue weighted by molar-refractivity contribution is 6.31.